The lowest BCUT2D eigenvalue weighted by Gasteiger charge is -2.23. The van der Waals surface area contributed by atoms with E-state index in [1.165, 1.54) is 27.3 Å². The number of rotatable bonds is 11. The molecule has 0 N–H and O–H groups in total. The third-order valence-electron chi connectivity index (χ3n) is 12.0. The fraction of sp³-hybridized carbons (Fsp3) is 0.327. The first-order valence-electron chi connectivity index (χ1n) is 20.1. The van der Waals surface area contributed by atoms with Gasteiger partial charge in [-0.25, -0.2) is 0 Å². The molecule has 0 aliphatic carbocycles. The summed E-state index contributed by atoms with van der Waals surface area (Å²) in [6, 6.07) is 40.3. The molecule has 4 unspecified atom stereocenters. The Hall–Kier alpha value is -3.88. The number of Topliss-reactive ketones (excluding diaryl/α,β-unsaturated/α-hetero) is 3. The van der Waals surface area contributed by atoms with Gasteiger partial charge in [-0.2, -0.15) is 0 Å². The highest BCUT2D eigenvalue weighted by Crippen LogP contribution is 2.34. The van der Waals surface area contributed by atoms with E-state index in [0.717, 1.165) is 99.8 Å². The maximum absolute atomic E-state index is 13.8. The molecule has 0 aromatic heterocycles. The summed E-state index contributed by atoms with van der Waals surface area (Å²) < 4.78 is 5.50. The molecular formula is C49H49O4S3+3. The number of hydrogen-bond acceptors (Lipinski definition) is 4. The Balaban J connectivity index is 0.826. The molecular weight excluding hydrogens is 749 g/mol. The van der Waals surface area contributed by atoms with E-state index >= 15 is 0 Å². The zero-order valence-corrected chi connectivity index (χ0v) is 34.3. The number of ether oxygens (including phenoxy) is 1. The van der Waals surface area contributed by atoms with Gasteiger partial charge in [0.2, 0.25) is 17.3 Å². The summed E-state index contributed by atoms with van der Waals surface area (Å²) in [4.78, 5) is 40.3. The maximum atomic E-state index is 13.8. The van der Waals surface area contributed by atoms with Crippen LogP contribution in [0.5, 0.6) is 0 Å². The summed E-state index contributed by atoms with van der Waals surface area (Å²) >= 11 is 0. The van der Waals surface area contributed by atoms with E-state index in [9.17, 15) is 14.4 Å². The van der Waals surface area contributed by atoms with Crippen LogP contribution in [0.4, 0.5) is 0 Å². The van der Waals surface area contributed by atoms with E-state index in [-0.39, 0.29) is 50.0 Å². The maximum Gasteiger partial charge on any atom is 0.211 e. The van der Waals surface area contributed by atoms with Gasteiger partial charge in [0.15, 0.2) is 17.3 Å². The van der Waals surface area contributed by atoms with Crippen molar-refractivity contribution < 1.29 is 19.1 Å². The molecule has 3 aliphatic heterocycles. The molecule has 0 saturated carbocycles. The zero-order chi connectivity index (χ0) is 38.0. The Morgan fingerprint density at radius 3 is 1.52 bits per heavy atom. The number of benzene rings is 6. The molecule has 6 aromatic carbocycles. The van der Waals surface area contributed by atoms with E-state index in [0.29, 0.717) is 29.1 Å². The molecule has 3 saturated heterocycles. The second-order valence-corrected chi connectivity index (χ2v) is 22.7. The first-order valence-corrected chi connectivity index (χ1v) is 25.3. The van der Waals surface area contributed by atoms with Crippen LogP contribution in [-0.2, 0) is 37.4 Å². The number of ketones is 3. The lowest BCUT2D eigenvalue weighted by molar-refractivity contribution is 0.101. The summed E-state index contributed by atoms with van der Waals surface area (Å²) in [5.41, 5.74) is 5.14. The van der Waals surface area contributed by atoms with Gasteiger partial charge in [0.1, 0.15) is 34.5 Å². The third-order valence-corrected chi connectivity index (χ3v) is 19.0. The van der Waals surface area contributed by atoms with Crippen molar-refractivity contribution in [3.8, 4) is 0 Å². The fourth-order valence-electron chi connectivity index (χ4n) is 8.79. The molecule has 56 heavy (non-hydrogen) atoms. The summed E-state index contributed by atoms with van der Waals surface area (Å²) in [5.74, 6) is 9.83. The average Bonchev–Trinajstić information content (AvgIpc) is 3.71. The molecule has 0 radical (unpaired) electrons. The van der Waals surface area contributed by atoms with Crippen molar-refractivity contribution in [2.45, 2.75) is 31.1 Å². The van der Waals surface area contributed by atoms with Crippen molar-refractivity contribution in [3.63, 3.8) is 0 Å². The minimum absolute atomic E-state index is 0.0344. The molecule has 3 aliphatic rings. The van der Waals surface area contributed by atoms with Gasteiger partial charge in [-0.15, -0.1) is 0 Å². The molecule has 9 rings (SSSR count). The largest absolute Gasteiger partial charge is 0.372 e. The summed E-state index contributed by atoms with van der Waals surface area (Å²) in [6.07, 6.45) is 3.39. The molecule has 0 amide bonds. The van der Waals surface area contributed by atoms with Crippen LogP contribution in [0.2, 0.25) is 0 Å². The van der Waals surface area contributed by atoms with E-state index in [2.05, 4.69) is 78.9 Å². The third kappa shape index (κ3) is 8.52. The van der Waals surface area contributed by atoms with Gasteiger partial charge < -0.3 is 4.74 Å². The predicted molar refractivity (Wildman–Crippen MR) is 241 cm³/mol. The molecule has 4 nitrogen and oxygen atoms in total. The number of carbonyl (C=O) groups is 3. The van der Waals surface area contributed by atoms with Crippen LogP contribution < -0.4 is 0 Å². The van der Waals surface area contributed by atoms with Crippen molar-refractivity contribution >= 4 is 82.4 Å². The van der Waals surface area contributed by atoms with Crippen molar-refractivity contribution in [2.75, 3.05) is 65.0 Å². The van der Waals surface area contributed by atoms with Gasteiger partial charge in [-0.05, 0) is 96.3 Å². The molecule has 6 aromatic rings. The average molecular weight is 798 g/mol. The topological polar surface area (TPSA) is 60.4 Å². The normalized spacial score (nSPS) is 21.8. The highest BCUT2D eigenvalue weighted by Gasteiger charge is 2.36. The second-order valence-electron chi connectivity index (χ2n) is 15.8. The van der Waals surface area contributed by atoms with Crippen LogP contribution in [0.25, 0.3) is 32.3 Å². The number of hydrogen-bond donors (Lipinski definition) is 0. The van der Waals surface area contributed by atoms with Gasteiger partial charge in [0, 0.05) is 45.8 Å². The fourth-order valence-corrected chi connectivity index (χ4v) is 15.5. The molecule has 7 heteroatoms. The van der Waals surface area contributed by atoms with Crippen molar-refractivity contribution in [1.82, 2.24) is 0 Å². The Morgan fingerprint density at radius 1 is 0.464 bits per heavy atom. The van der Waals surface area contributed by atoms with Crippen LogP contribution in [-0.4, -0.2) is 82.3 Å². The monoisotopic (exact) mass is 797 g/mol. The molecule has 284 valence electrons. The molecule has 3 fully saturated rings. The van der Waals surface area contributed by atoms with E-state index in [1.807, 2.05) is 36.4 Å². The first-order chi connectivity index (χ1) is 27.4. The predicted octanol–water partition coefficient (Wildman–Crippen LogP) is 9.34. The minimum atomic E-state index is 0.0344. The van der Waals surface area contributed by atoms with Crippen LogP contribution in [0.1, 0.15) is 73.3 Å². The molecule has 0 bridgehead atoms. The Kier molecular flexibility index (Phi) is 11.4. The standard InChI is InChI=1S/C49H49O4S3/c50-47(31-54-22-18-53-19-23-54)41-15-10-35-7-12-38(25-45(35)27-41)43-6-3-20-55(29-43)32-48(51)42-16-11-36-8-13-39(26-46(36)28-42)44-17-21-56(30-44)33-49(52)40-14-9-34-4-1-2-5-37(34)24-40/h1-2,4-5,7-16,24-28,43-44H,3,6,17-23,29-33H2/q+3. The van der Waals surface area contributed by atoms with Crippen LogP contribution in [0, 0.1) is 0 Å². The summed E-state index contributed by atoms with van der Waals surface area (Å²) in [5, 5.41) is 6.90. The van der Waals surface area contributed by atoms with Gasteiger partial charge >= 0.3 is 0 Å². The van der Waals surface area contributed by atoms with Crippen molar-refractivity contribution in [1.29, 1.82) is 0 Å². The second kappa shape index (κ2) is 16.9. The Bertz CT molecular complexity index is 2430. The molecule has 0 spiro atoms. The zero-order valence-electron chi connectivity index (χ0n) is 31.9. The van der Waals surface area contributed by atoms with E-state index in [4.69, 9.17) is 4.74 Å². The Labute approximate surface area is 338 Å². The summed E-state index contributed by atoms with van der Waals surface area (Å²) in [7, 11) is 0.243. The molecule has 3 heterocycles. The SMILES string of the molecule is O=C(C[S+]1CCOCC1)c1ccc2ccc(C3CCC[S+](CC(=O)c4ccc5ccc(C6CC[S+](CC(=O)c7ccc8ccccc8c7)C6)cc5c4)C3)cc2c1. The highest BCUT2D eigenvalue weighted by atomic mass is 32.2. The van der Waals surface area contributed by atoms with Gasteiger partial charge in [0.25, 0.3) is 0 Å². The smallest absolute Gasteiger partial charge is 0.211 e. The van der Waals surface area contributed by atoms with Gasteiger partial charge in [-0.3, -0.25) is 14.4 Å². The quantitative estimate of drug-likeness (QED) is 0.0969. The van der Waals surface area contributed by atoms with Crippen molar-refractivity contribution in [2.24, 2.45) is 0 Å². The van der Waals surface area contributed by atoms with Crippen molar-refractivity contribution in [3.05, 3.63) is 143 Å². The van der Waals surface area contributed by atoms with Gasteiger partial charge in [-0.1, -0.05) is 97.1 Å². The highest BCUT2D eigenvalue weighted by molar-refractivity contribution is 7.98. The van der Waals surface area contributed by atoms with Gasteiger partial charge in [0.05, 0.1) is 13.2 Å². The molecule has 4 atom stereocenters. The van der Waals surface area contributed by atoms with Crippen LogP contribution >= 0.6 is 0 Å². The first kappa shape index (κ1) is 37.7. The van der Waals surface area contributed by atoms with E-state index < -0.39 is 0 Å². The Morgan fingerprint density at radius 2 is 0.929 bits per heavy atom. The van der Waals surface area contributed by atoms with E-state index in [1.54, 1.807) is 0 Å². The number of fused-ring (bicyclic) bond motifs is 3. The lowest BCUT2D eigenvalue weighted by atomic mass is 9.93. The lowest BCUT2D eigenvalue weighted by Crippen LogP contribution is -2.31. The van der Waals surface area contributed by atoms with Crippen LogP contribution in [0.3, 0.4) is 0 Å². The summed E-state index contributed by atoms with van der Waals surface area (Å²) in [6.45, 7) is 1.55. The minimum Gasteiger partial charge on any atom is -0.372 e. The van der Waals surface area contributed by atoms with Crippen LogP contribution in [0.15, 0.2) is 115 Å². The number of carbonyl (C=O) groups excluding carboxylic acids is 3.